The Balaban J connectivity index is 1.78. The second-order valence-electron chi connectivity index (χ2n) is 5.39. The Bertz CT molecular complexity index is 550. The molecule has 1 fully saturated rings. The van der Waals surface area contributed by atoms with Crippen LogP contribution in [-0.2, 0) is 4.79 Å². The van der Waals surface area contributed by atoms with Crippen LogP contribution in [0.5, 0.6) is 0 Å². The molecule has 1 aliphatic heterocycles. The van der Waals surface area contributed by atoms with E-state index in [-0.39, 0.29) is 11.5 Å². The van der Waals surface area contributed by atoms with Gasteiger partial charge < -0.3 is 16.0 Å². The number of halogens is 1. The van der Waals surface area contributed by atoms with E-state index in [1.54, 1.807) is 0 Å². The molecule has 0 aliphatic carbocycles. The van der Waals surface area contributed by atoms with E-state index in [2.05, 4.69) is 10.3 Å². The minimum absolute atomic E-state index is 0.250. The quantitative estimate of drug-likeness (QED) is 0.784. The molecule has 1 aromatic rings. The summed E-state index contributed by atoms with van der Waals surface area (Å²) >= 11 is 6.05. The summed E-state index contributed by atoms with van der Waals surface area (Å²) in [6.07, 6.45) is 6.10. The van der Waals surface area contributed by atoms with Crippen molar-refractivity contribution < 1.29 is 9.59 Å². The topological polar surface area (TPSA) is 88.3 Å². The van der Waals surface area contributed by atoms with Crippen molar-refractivity contribution in [1.29, 1.82) is 0 Å². The van der Waals surface area contributed by atoms with Gasteiger partial charge in [0.05, 0.1) is 10.6 Å². The van der Waals surface area contributed by atoms with Crippen LogP contribution in [0, 0.1) is 0 Å². The molecule has 22 heavy (non-hydrogen) atoms. The number of anilines is 1. The number of amides is 2. The fraction of sp³-hybridized carbons (Fsp3) is 0.533. The average molecular weight is 325 g/mol. The van der Waals surface area contributed by atoms with Crippen molar-refractivity contribution in [3.05, 3.63) is 22.8 Å². The number of carbonyl (C=O) groups excluding carboxylic acids is 2. The normalized spacial score (nSPS) is 15.5. The first-order valence-electron chi connectivity index (χ1n) is 7.55. The predicted molar refractivity (Wildman–Crippen MR) is 85.9 cm³/mol. The van der Waals surface area contributed by atoms with Crippen LogP contribution in [0.15, 0.2) is 12.3 Å². The molecule has 2 heterocycles. The number of primary amides is 1. The lowest BCUT2D eigenvalue weighted by Crippen LogP contribution is -2.32. The lowest BCUT2D eigenvalue weighted by Gasteiger charge is -2.20. The third-order valence-corrected chi connectivity index (χ3v) is 3.98. The van der Waals surface area contributed by atoms with Gasteiger partial charge in [0.15, 0.2) is 0 Å². The van der Waals surface area contributed by atoms with Crippen molar-refractivity contribution in [3.63, 3.8) is 0 Å². The van der Waals surface area contributed by atoms with E-state index in [0.29, 0.717) is 23.8 Å². The molecule has 2 rings (SSSR count). The smallest absolute Gasteiger partial charge is 0.250 e. The Labute approximate surface area is 135 Å². The van der Waals surface area contributed by atoms with Gasteiger partial charge in [0.25, 0.3) is 0 Å². The highest BCUT2D eigenvalue weighted by atomic mass is 35.5. The molecule has 0 atom stereocenters. The van der Waals surface area contributed by atoms with Gasteiger partial charge in [-0.15, -0.1) is 0 Å². The van der Waals surface area contributed by atoms with E-state index in [1.165, 1.54) is 12.3 Å². The Hall–Kier alpha value is -1.82. The van der Waals surface area contributed by atoms with Gasteiger partial charge in [0.2, 0.25) is 11.8 Å². The maximum absolute atomic E-state index is 11.9. The van der Waals surface area contributed by atoms with Crippen molar-refractivity contribution >= 4 is 29.2 Å². The molecule has 0 aromatic carbocycles. The van der Waals surface area contributed by atoms with Crippen LogP contribution in [0.25, 0.3) is 0 Å². The molecule has 0 saturated carbocycles. The van der Waals surface area contributed by atoms with Gasteiger partial charge in [-0.25, -0.2) is 4.98 Å². The minimum atomic E-state index is -0.555. The zero-order chi connectivity index (χ0) is 15.9. The number of nitrogens with two attached hydrogens (primary N) is 1. The number of nitrogens with one attached hydrogen (secondary N) is 1. The molecule has 120 valence electrons. The maximum Gasteiger partial charge on any atom is 0.250 e. The van der Waals surface area contributed by atoms with Crippen LogP contribution in [0.2, 0.25) is 5.02 Å². The fourth-order valence-corrected chi connectivity index (χ4v) is 2.69. The third-order valence-electron chi connectivity index (χ3n) is 3.69. The van der Waals surface area contributed by atoms with Crippen LogP contribution in [0.1, 0.15) is 42.5 Å². The van der Waals surface area contributed by atoms with Gasteiger partial charge in [0, 0.05) is 32.3 Å². The molecule has 1 saturated heterocycles. The second-order valence-corrected chi connectivity index (χ2v) is 5.80. The van der Waals surface area contributed by atoms with Crippen LogP contribution < -0.4 is 11.1 Å². The molecule has 0 unspecified atom stereocenters. The molecule has 2 amide bonds. The summed E-state index contributed by atoms with van der Waals surface area (Å²) < 4.78 is 0. The third kappa shape index (κ3) is 4.59. The number of hydrogen-bond donors (Lipinski definition) is 2. The molecular weight excluding hydrogens is 304 g/mol. The van der Waals surface area contributed by atoms with Gasteiger partial charge in [-0.2, -0.15) is 0 Å². The van der Waals surface area contributed by atoms with Crippen LogP contribution in [0.3, 0.4) is 0 Å². The molecule has 1 aliphatic rings. The number of carbonyl (C=O) groups is 2. The van der Waals surface area contributed by atoms with E-state index in [1.807, 2.05) is 4.90 Å². The van der Waals surface area contributed by atoms with Crippen molar-refractivity contribution in [2.45, 2.75) is 32.1 Å². The monoisotopic (exact) mass is 324 g/mol. The van der Waals surface area contributed by atoms with Crippen molar-refractivity contribution in [3.8, 4) is 0 Å². The van der Waals surface area contributed by atoms with Crippen LogP contribution in [0.4, 0.5) is 5.82 Å². The number of hydrogen-bond acceptors (Lipinski definition) is 4. The molecule has 3 N–H and O–H groups in total. The highest BCUT2D eigenvalue weighted by molar-refractivity contribution is 6.33. The first kappa shape index (κ1) is 16.5. The lowest BCUT2D eigenvalue weighted by atomic mass is 10.2. The summed E-state index contributed by atoms with van der Waals surface area (Å²) in [5.41, 5.74) is 5.45. The zero-order valence-corrected chi connectivity index (χ0v) is 13.2. The van der Waals surface area contributed by atoms with Crippen LogP contribution in [-0.4, -0.2) is 41.3 Å². The van der Waals surface area contributed by atoms with E-state index < -0.39 is 5.91 Å². The van der Waals surface area contributed by atoms with Crippen molar-refractivity contribution in [2.75, 3.05) is 25.0 Å². The van der Waals surface area contributed by atoms with Crippen LogP contribution >= 0.6 is 11.6 Å². The zero-order valence-electron chi connectivity index (χ0n) is 12.5. The Morgan fingerprint density at radius 2 is 2.23 bits per heavy atom. The predicted octanol–water partition coefficient (Wildman–Crippen LogP) is 2.04. The SMILES string of the molecule is NC(=O)c1cnc(NCCCN2CCCCCC2=O)c(Cl)c1. The van der Waals surface area contributed by atoms with Gasteiger partial charge in [0.1, 0.15) is 5.82 Å². The average Bonchev–Trinajstić information content (AvgIpc) is 2.69. The fourth-order valence-electron chi connectivity index (χ4n) is 2.45. The summed E-state index contributed by atoms with van der Waals surface area (Å²) in [4.78, 5) is 28.9. The number of nitrogens with zero attached hydrogens (tertiary/aromatic N) is 2. The summed E-state index contributed by atoms with van der Waals surface area (Å²) in [6.45, 7) is 2.25. The summed E-state index contributed by atoms with van der Waals surface area (Å²) in [5, 5.41) is 3.48. The summed E-state index contributed by atoms with van der Waals surface area (Å²) in [5.74, 6) is 0.217. The molecule has 0 spiro atoms. The molecule has 0 radical (unpaired) electrons. The number of rotatable bonds is 6. The van der Waals surface area contributed by atoms with Gasteiger partial charge in [-0.05, 0) is 25.3 Å². The summed E-state index contributed by atoms with van der Waals surface area (Å²) in [7, 11) is 0. The highest BCUT2D eigenvalue weighted by Gasteiger charge is 2.15. The van der Waals surface area contributed by atoms with E-state index >= 15 is 0 Å². The standard InChI is InChI=1S/C15H21ClN4O2/c16-12-9-11(14(17)22)10-19-15(12)18-6-4-8-20-7-3-1-2-5-13(20)21/h9-10H,1-8H2,(H2,17,22)(H,18,19). The first-order valence-corrected chi connectivity index (χ1v) is 7.92. The Morgan fingerprint density at radius 1 is 1.41 bits per heavy atom. The van der Waals surface area contributed by atoms with E-state index in [9.17, 15) is 9.59 Å². The summed E-state index contributed by atoms with van der Waals surface area (Å²) in [6, 6.07) is 1.50. The number of aromatic nitrogens is 1. The van der Waals surface area contributed by atoms with Gasteiger partial charge >= 0.3 is 0 Å². The molecule has 7 heteroatoms. The minimum Gasteiger partial charge on any atom is -0.369 e. The largest absolute Gasteiger partial charge is 0.369 e. The van der Waals surface area contributed by atoms with Crippen molar-refractivity contribution in [2.24, 2.45) is 5.73 Å². The number of likely N-dealkylation sites (tertiary alicyclic amines) is 1. The second kappa shape index (κ2) is 7.98. The van der Waals surface area contributed by atoms with Gasteiger partial charge in [-0.3, -0.25) is 9.59 Å². The Morgan fingerprint density at radius 3 is 2.95 bits per heavy atom. The van der Waals surface area contributed by atoms with E-state index in [4.69, 9.17) is 17.3 Å². The molecule has 1 aromatic heterocycles. The van der Waals surface area contributed by atoms with Crippen molar-refractivity contribution in [1.82, 2.24) is 9.88 Å². The Kier molecular flexibility index (Phi) is 6.00. The molecule has 6 nitrogen and oxygen atoms in total. The number of pyridine rings is 1. The highest BCUT2D eigenvalue weighted by Crippen LogP contribution is 2.20. The first-order chi connectivity index (χ1) is 10.6. The lowest BCUT2D eigenvalue weighted by molar-refractivity contribution is -0.130. The van der Waals surface area contributed by atoms with Gasteiger partial charge in [-0.1, -0.05) is 18.0 Å². The van der Waals surface area contributed by atoms with E-state index in [0.717, 1.165) is 38.8 Å². The maximum atomic E-state index is 11.9. The molecular formula is C15H21ClN4O2. The molecule has 0 bridgehead atoms.